The predicted octanol–water partition coefficient (Wildman–Crippen LogP) is 3.66. The average molecular weight is 407 g/mol. The summed E-state index contributed by atoms with van der Waals surface area (Å²) in [6.07, 6.45) is 14.4. The van der Waals surface area contributed by atoms with Crippen LogP contribution >= 0.6 is 0 Å². The fourth-order valence-electron chi connectivity index (χ4n) is 5.05. The van der Waals surface area contributed by atoms with Gasteiger partial charge in [0.15, 0.2) is 0 Å². The van der Waals surface area contributed by atoms with Gasteiger partial charge in [0, 0.05) is 19.4 Å². The van der Waals surface area contributed by atoms with E-state index in [1.165, 1.54) is 19.3 Å². The van der Waals surface area contributed by atoms with Crippen LogP contribution in [0.1, 0.15) is 77.6 Å². The maximum absolute atomic E-state index is 12.1. The lowest BCUT2D eigenvalue weighted by Gasteiger charge is -2.30. The highest BCUT2D eigenvalue weighted by atomic mass is 16.4. The number of carbonyl (C=O) groups excluding carboxylic acids is 2. The summed E-state index contributed by atoms with van der Waals surface area (Å²) in [6.45, 7) is 2.87. The molecule has 2 bridgehead atoms. The molecular weight excluding hydrogens is 368 g/mol. The molecule has 0 radical (unpaired) electrons. The lowest BCUT2D eigenvalue weighted by Crippen LogP contribution is -2.41. The molecule has 0 aromatic rings. The summed E-state index contributed by atoms with van der Waals surface area (Å²) in [5.41, 5.74) is 0. The van der Waals surface area contributed by atoms with E-state index in [1.807, 2.05) is 0 Å². The van der Waals surface area contributed by atoms with Crippen molar-refractivity contribution in [1.29, 1.82) is 0 Å². The van der Waals surface area contributed by atoms with Crippen molar-refractivity contribution in [2.75, 3.05) is 13.1 Å². The summed E-state index contributed by atoms with van der Waals surface area (Å²) in [6, 6.07) is 0. The number of unbranched alkanes of at least 4 members (excludes halogenated alkanes) is 3. The molecule has 0 aromatic heterocycles. The first-order valence-electron chi connectivity index (χ1n) is 11.4. The number of amides is 2. The van der Waals surface area contributed by atoms with Gasteiger partial charge in [-0.15, -0.1) is 0 Å². The second-order valence-electron chi connectivity index (χ2n) is 8.69. The van der Waals surface area contributed by atoms with Crippen LogP contribution in [0.25, 0.3) is 0 Å². The zero-order valence-electron chi connectivity index (χ0n) is 17.8. The molecule has 0 saturated heterocycles. The number of hydrogen-bond donors (Lipinski definition) is 3. The number of carboxylic acids is 1. The van der Waals surface area contributed by atoms with Gasteiger partial charge in [-0.25, -0.2) is 0 Å². The standard InChI is InChI=1S/C23H38N2O4/c1-2-3-6-10-21(26)25-16-22(27)24-15-20-18-13-12-17(14-18)19(20)9-7-4-5-8-11-23(28)29/h4,7,17-20H,2-3,5-6,8-16H2,1H3,(H,24,27)(H,25,26)(H,28,29)/b7-4-/t17-,18+,19-,20+/m0/s1. The molecule has 2 rings (SSSR count). The monoisotopic (exact) mass is 406 g/mol. The minimum absolute atomic E-state index is 0.0422. The number of allylic oxidation sites excluding steroid dienone is 2. The Balaban J connectivity index is 1.68. The molecule has 164 valence electrons. The van der Waals surface area contributed by atoms with E-state index in [-0.39, 0.29) is 24.8 Å². The van der Waals surface area contributed by atoms with Crippen LogP contribution in [-0.4, -0.2) is 36.0 Å². The lowest BCUT2D eigenvalue weighted by atomic mass is 9.77. The van der Waals surface area contributed by atoms with Crippen molar-refractivity contribution >= 4 is 17.8 Å². The number of hydrogen-bond acceptors (Lipinski definition) is 3. The van der Waals surface area contributed by atoms with Gasteiger partial charge in [0.1, 0.15) is 0 Å². The molecule has 2 amide bonds. The van der Waals surface area contributed by atoms with E-state index in [0.29, 0.717) is 37.1 Å². The molecule has 0 unspecified atom stereocenters. The highest BCUT2D eigenvalue weighted by Gasteiger charge is 2.46. The smallest absolute Gasteiger partial charge is 0.303 e. The average Bonchev–Trinajstić information content (AvgIpc) is 3.29. The Kier molecular flexibility index (Phi) is 10.2. The third-order valence-electron chi connectivity index (χ3n) is 6.60. The maximum Gasteiger partial charge on any atom is 0.303 e. The summed E-state index contributed by atoms with van der Waals surface area (Å²) in [5, 5.41) is 14.4. The highest BCUT2D eigenvalue weighted by Crippen LogP contribution is 2.53. The van der Waals surface area contributed by atoms with Crippen molar-refractivity contribution in [3.05, 3.63) is 12.2 Å². The Labute approximate surface area is 174 Å². The van der Waals surface area contributed by atoms with E-state index < -0.39 is 5.97 Å². The minimum Gasteiger partial charge on any atom is -0.481 e. The summed E-state index contributed by atoms with van der Waals surface area (Å²) in [4.78, 5) is 34.4. The first kappa shape index (κ1) is 23.4. The van der Waals surface area contributed by atoms with E-state index in [4.69, 9.17) is 5.11 Å². The van der Waals surface area contributed by atoms with Crippen LogP contribution in [0.15, 0.2) is 12.2 Å². The fraction of sp³-hybridized carbons (Fsp3) is 0.783. The van der Waals surface area contributed by atoms with Crippen LogP contribution in [0.3, 0.4) is 0 Å². The summed E-state index contributed by atoms with van der Waals surface area (Å²) in [7, 11) is 0. The van der Waals surface area contributed by atoms with Crippen LogP contribution in [0.4, 0.5) is 0 Å². The fourth-order valence-corrected chi connectivity index (χ4v) is 5.05. The van der Waals surface area contributed by atoms with Gasteiger partial charge in [0.25, 0.3) is 0 Å². The number of aliphatic carboxylic acids is 1. The highest BCUT2D eigenvalue weighted by molar-refractivity contribution is 5.84. The molecule has 3 N–H and O–H groups in total. The molecule has 0 aliphatic heterocycles. The van der Waals surface area contributed by atoms with Crippen molar-refractivity contribution in [2.24, 2.45) is 23.7 Å². The van der Waals surface area contributed by atoms with Crippen LogP contribution in [0.2, 0.25) is 0 Å². The van der Waals surface area contributed by atoms with E-state index in [2.05, 4.69) is 29.7 Å². The van der Waals surface area contributed by atoms with Gasteiger partial charge in [0.2, 0.25) is 11.8 Å². The Morgan fingerprint density at radius 3 is 2.41 bits per heavy atom. The van der Waals surface area contributed by atoms with Crippen LogP contribution < -0.4 is 10.6 Å². The molecule has 0 spiro atoms. The van der Waals surface area contributed by atoms with E-state index in [9.17, 15) is 14.4 Å². The van der Waals surface area contributed by atoms with Gasteiger partial charge in [-0.3, -0.25) is 14.4 Å². The van der Waals surface area contributed by atoms with Crippen LogP contribution in [0.5, 0.6) is 0 Å². The Hall–Kier alpha value is -1.85. The molecule has 0 heterocycles. The summed E-state index contributed by atoms with van der Waals surface area (Å²) in [5.74, 6) is 1.70. The van der Waals surface area contributed by atoms with Gasteiger partial charge < -0.3 is 15.7 Å². The topological polar surface area (TPSA) is 95.5 Å². The second-order valence-corrected chi connectivity index (χ2v) is 8.69. The van der Waals surface area contributed by atoms with Gasteiger partial charge in [-0.05, 0) is 68.6 Å². The molecule has 0 aromatic carbocycles. The molecule has 6 nitrogen and oxygen atoms in total. The van der Waals surface area contributed by atoms with E-state index in [1.54, 1.807) is 0 Å². The second kappa shape index (κ2) is 12.7. The number of nitrogens with one attached hydrogen (secondary N) is 2. The normalized spacial score (nSPS) is 25.4. The van der Waals surface area contributed by atoms with Gasteiger partial charge in [-0.1, -0.05) is 31.9 Å². The molecule has 2 fully saturated rings. The van der Waals surface area contributed by atoms with Crippen molar-refractivity contribution in [1.82, 2.24) is 10.6 Å². The number of fused-ring (bicyclic) bond motifs is 2. The van der Waals surface area contributed by atoms with Gasteiger partial charge in [-0.2, -0.15) is 0 Å². The van der Waals surface area contributed by atoms with Crippen molar-refractivity contribution < 1.29 is 19.5 Å². The van der Waals surface area contributed by atoms with Gasteiger partial charge in [0.05, 0.1) is 6.54 Å². The van der Waals surface area contributed by atoms with Gasteiger partial charge >= 0.3 is 5.97 Å². The third kappa shape index (κ3) is 8.19. The first-order valence-corrected chi connectivity index (χ1v) is 11.4. The molecule has 4 atom stereocenters. The molecule has 2 aliphatic rings. The minimum atomic E-state index is -0.737. The molecule has 6 heteroatoms. The Morgan fingerprint density at radius 1 is 0.931 bits per heavy atom. The Bertz CT molecular complexity index is 575. The molecule has 29 heavy (non-hydrogen) atoms. The van der Waals surface area contributed by atoms with Crippen LogP contribution in [0, 0.1) is 23.7 Å². The molecule has 2 saturated carbocycles. The van der Waals surface area contributed by atoms with E-state index in [0.717, 1.165) is 38.0 Å². The number of carbonyl (C=O) groups is 3. The Morgan fingerprint density at radius 2 is 1.69 bits per heavy atom. The maximum atomic E-state index is 12.1. The molecule has 2 aliphatic carbocycles. The number of carboxylic acid groups (broad SMARTS) is 1. The largest absolute Gasteiger partial charge is 0.481 e. The lowest BCUT2D eigenvalue weighted by molar-refractivity contribution is -0.137. The zero-order valence-corrected chi connectivity index (χ0v) is 17.8. The van der Waals surface area contributed by atoms with Crippen molar-refractivity contribution in [3.63, 3.8) is 0 Å². The van der Waals surface area contributed by atoms with Crippen LogP contribution in [-0.2, 0) is 14.4 Å². The van der Waals surface area contributed by atoms with Crippen molar-refractivity contribution in [3.8, 4) is 0 Å². The zero-order chi connectivity index (χ0) is 21.1. The van der Waals surface area contributed by atoms with E-state index >= 15 is 0 Å². The molecular formula is C23H38N2O4. The SMILES string of the molecule is CCCCCC(=O)NCC(=O)NC[C@@H]1[C@@H]2CC[C@@H](C2)[C@@H]1C/C=C\CCCC(=O)O. The third-order valence-corrected chi connectivity index (χ3v) is 6.60. The summed E-state index contributed by atoms with van der Waals surface area (Å²) >= 11 is 0. The predicted molar refractivity (Wildman–Crippen MR) is 113 cm³/mol. The summed E-state index contributed by atoms with van der Waals surface area (Å²) < 4.78 is 0. The number of rotatable bonds is 14. The first-order chi connectivity index (χ1) is 14.0. The quantitative estimate of drug-likeness (QED) is 0.303. The van der Waals surface area contributed by atoms with Crippen molar-refractivity contribution in [2.45, 2.75) is 77.6 Å².